The Balaban J connectivity index is 2.10. The molecule has 120 valence electrons. The molecule has 0 aliphatic carbocycles. The van der Waals surface area contributed by atoms with E-state index >= 15 is 0 Å². The SMILES string of the molecule is O=C(O)[C@@H]1CS[C@@H](C(F)(F)F)N1C(=O)OCc1ccccc1. The minimum atomic E-state index is -4.72. The number of nitrogens with zero attached hydrogens (tertiary/aromatic N) is 1. The van der Waals surface area contributed by atoms with Gasteiger partial charge < -0.3 is 9.84 Å². The minimum absolute atomic E-state index is 0.224. The number of halogens is 3. The highest BCUT2D eigenvalue weighted by atomic mass is 32.2. The van der Waals surface area contributed by atoms with Gasteiger partial charge in [-0.1, -0.05) is 30.3 Å². The normalized spacial score (nSPS) is 21.7. The number of aliphatic carboxylic acids is 1. The number of benzene rings is 1. The largest absolute Gasteiger partial charge is 0.480 e. The maximum Gasteiger partial charge on any atom is 0.418 e. The second kappa shape index (κ2) is 6.47. The maximum atomic E-state index is 12.9. The molecule has 1 saturated heterocycles. The molecule has 2 rings (SSSR count). The van der Waals surface area contributed by atoms with Crippen molar-refractivity contribution in [1.29, 1.82) is 0 Å². The maximum absolute atomic E-state index is 12.9. The molecule has 22 heavy (non-hydrogen) atoms. The summed E-state index contributed by atoms with van der Waals surface area (Å²) in [6.07, 6.45) is -6.01. The predicted molar refractivity (Wildman–Crippen MR) is 72.2 cm³/mol. The van der Waals surface area contributed by atoms with Gasteiger partial charge in [0.2, 0.25) is 0 Å². The molecule has 0 spiro atoms. The lowest BCUT2D eigenvalue weighted by Gasteiger charge is -2.27. The molecule has 1 fully saturated rings. The summed E-state index contributed by atoms with van der Waals surface area (Å²) in [6, 6.07) is 6.84. The Morgan fingerprint density at radius 2 is 1.95 bits per heavy atom. The van der Waals surface area contributed by atoms with E-state index in [0.717, 1.165) is 0 Å². The van der Waals surface area contributed by atoms with E-state index in [2.05, 4.69) is 0 Å². The van der Waals surface area contributed by atoms with E-state index in [-0.39, 0.29) is 17.3 Å². The molecule has 1 aliphatic heterocycles. The van der Waals surface area contributed by atoms with E-state index in [1.165, 1.54) is 0 Å². The van der Waals surface area contributed by atoms with Gasteiger partial charge in [-0.15, -0.1) is 11.8 Å². The molecule has 9 heteroatoms. The minimum Gasteiger partial charge on any atom is -0.480 e. The van der Waals surface area contributed by atoms with E-state index in [4.69, 9.17) is 9.84 Å². The standard InChI is InChI=1S/C13H12F3NO4S/c14-13(15,16)11-17(9(7-22-11)10(18)19)12(20)21-6-8-4-2-1-3-5-8/h1-5,9,11H,6-7H2,(H,18,19)/t9-,11-/m0/s1. The van der Waals surface area contributed by atoms with Crippen LogP contribution in [0.15, 0.2) is 30.3 Å². The number of carboxylic acid groups (broad SMARTS) is 1. The van der Waals surface area contributed by atoms with Gasteiger partial charge >= 0.3 is 18.2 Å². The average molecular weight is 335 g/mol. The Hall–Kier alpha value is -1.90. The lowest BCUT2D eigenvalue weighted by Crippen LogP contribution is -2.50. The van der Waals surface area contributed by atoms with E-state index in [1.54, 1.807) is 30.3 Å². The van der Waals surface area contributed by atoms with Gasteiger partial charge in [-0.25, -0.2) is 9.59 Å². The van der Waals surface area contributed by atoms with E-state index in [9.17, 15) is 22.8 Å². The number of carbonyl (C=O) groups excluding carboxylic acids is 1. The first-order valence-corrected chi connectivity index (χ1v) is 7.25. The molecule has 1 heterocycles. The number of carbonyl (C=O) groups is 2. The molecule has 1 aromatic carbocycles. The first kappa shape index (κ1) is 16.5. The Morgan fingerprint density at radius 1 is 1.32 bits per heavy atom. The number of carboxylic acids is 1. The van der Waals surface area contributed by atoms with Crippen LogP contribution in [0.25, 0.3) is 0 Å². The van der Waals surface area contributed by atoms with Crippen LogP contribution in [0.4, 0.5) is 18.0 Å². The highest BCUT2D eigenvalue weighted by Gasteiger charge is 2.55. The quantitative estimate of drug-likeness (QED) is 0.920. The second-order valence-electron chi connectivity index (χ2n) is 4.53. The van der Waals surface area contributed by atoms with Crippen molar-refractivity contribution in [2.45, 2.75) is 24.2 Å². The van der Waals surface area contributed by atoms with Gasteiger partial charge in [0.1, 0.15) is 12.6 Å². The first-order chi connectivity index (χ1) is 10.3. The van der Waals surface area contributed by atoms with Crippen molar-refractivity contribution in [1.82, 2.24) is 4.90 Å². The third-order valence-electron chi connectivity index (χ3n) is 2.98. The summed E-state index contributed by atoms with van der Waals surface area (Å²) < 4.78 is 43.6. The van der Waals surface area contributed by atoms with Gasteiger partial charge in [-0.2, -0.15) is 13.2 Å². The second-order valence-corrected chi connectivity index (χ2v) is 5.64. The van der Waals surface area contributed by atoms with Crippen LogP contribution in [0.2, 0.25) is 0 Å². The van der Waals surface area contributed by atoms with Crippen LogP contribution < -0.4 is 0 Å². The van der Waals surface area contributed by atoms with Gasteiger partial charge in [0, 0.05) is 5.75 Å². The van der Waals surface area contributed by atoms with Crippen molar-refractivity contribution in [2.75, 3.05) is 5.75 Å². The zero-order valence-electron chi connectivity index (χ0n) is 11.1. The lowest BCUT2D eigenvalue weighted by atomic mass is 10.2. The number of amides is 1. The zero-order valence-corrected chi connectivity index (χ0v) is 11.9. The third-order valence-corrected chi connectivity index (χ3v) is 4.30. The molecule has 0 aromatic heterocycles. The van der Waals surface area contributed by atoms with Crippen molar-refractivity contribution in [2.24, 2.45) is 0 Å². The summed E-state index contributed by atoms with van der Waals surface area (Å²) >= 11 is 0.363. The summed E-state index contributed by atoms with van der Waals surface area (Å²) in [5.41, 5.74) is 0.595. The summed E-state index contributed by atoms with van der Waals surface area (Å²) in [4.78, 5) is 23.2. The molecule has 1 amide bonds. The van der Waals surface area contributed by atoms with Crippen molar-refractivity contribution in [3.05, 3.63) is 35.9 Å². The summed E-state index contributed by atoms with van der Waals surface area (Å²) in [5.74, 6) is -1.82. The Morgan fingerprint density at radius 3 is 2.50 bits per heavy atom. The van der Waals surface area contributed by atoms with Crippen LogP contribution in [0.1, 0.15) is 5.56 Å². The lowest BCUT2D eigenvalue weighted by molar-refractivity contribution is -0.162. The van der Waals surface area contributed by atoms with Crippen LogP contribution in [0.5, 0.6) is 0 Å². The van der Waals surface area contributed by atoms with Crippen molar-refractivity contribution in [3.63, 3.8) is 0 Å². The summed E-state index contributed by atoms with van der Waals surface area (Å²) in [5, 5.41) is 6.76. The smallest absolute Gasteiger partial charge is 0.418 e. The molecule has 1 aliphatic rings. The van der Waals surface area contributed by atoms with Crippen molar-refractivity contribution in [3.8, 4) is 0 Å². The molecule has 1 N–H and O–H groups in total. The number of hydrogen-bond donors (Lipinski definition) is 1. The Labute approximate surface area is 128 Å². The van der Waals surface area contributed by atoms with Gasteiger partial charge in [-0.05, 0) is 5.56 Å². The molecule has 0 saturated carbocycles. The number of ether oxygens (including phenoxy) is 1. The molecule has 0 radical (unpaired) electrons. The fourth-order valence-corrected chi connectivity index (χ4v) is 3.22. The fraction of sp³-hybridized carbons (Fsp3) is 0.385. The fourth-order valence-electron chi connectivity index (χ4n) is 1.97. The Kier molecular flexibility index (Phi) is 4.84. The van der Waals surface area contributed by atoms with E-state index in [0.29, 0.717) is 17.3 Å². The van der Waals surface area contributed by atoms with Crippen LogP contribution in [-0.4, -0.2) is 45.4 Å². The average Bonchev–Trinajstić information content (AvgIpc) is 2.91. The molecular formula is C13H12F3NO4S. The molecule has 0 bridgehead atoms. The van der Waals surface area contributed by atoms with E-state index in [1.807, 2.05) is 0 Å². The molecule has 2 atom stereocenters. The summed E-state index contributed by atoms with van der Waals surface area (Å²) in [7, 11) is 0. The molecule has 5 nitrogen and oxygen atoms in total. The topological polar surface area (TPSA) is 66.8 Å². The molecular weight excluding hydrogens is 323 g/mol. The molecule has 0 unspecified atom stereocenters. The number of hydrogen-bond acceptors (Lipinski definition) is 4. The van der Waals surface area contributed by atoms with Gasteiger partial charge in [0.15, 0.2) is 5.37 Å². The predicted octanol–water partition coefficient (Wildman–Crippen LogP) is 2.71. The first-order valence-electron chi connectivity index (χ1n) is 6.21. The van der Waals surface area contributed by atoms with Crippen LogP contribution in [0, 0.1) is 0 Å². The highest BCUT2D eigenvalue weighted by molar-refractivity contribution is 8.00. The van der Waals surface area contributed by atoms with Crippen LogP contribution in [0.3, 0.4) is 0 Å². The summed E-state index contributed by atoms with van der Waals surface area (Å²) in [6.45, 7) is -0.224. The van der Waals surface area contributed by atoms with Gasteiger partial charge in [0.05, 0.1) is 0 Å². The number of thioether (sulfide) groups is 1. The van der Waals surface area contributed by atoms with Crippen LogP contribution >= 0.6 is 11.8 Å². The Bertz CT molecular complexity index is 552. The van der Waals surface area contributed by atoms with E-state index < -0.39 is 29.7 Å². The van der Waals surface area contributed by atoms with Crippen molar-refractivity contribution >= 4 is 23.8 Å². The monoisotopic (exact) mass is 335 g/mol. The van der Waals surface area contributed by atoms with Gasteiger partial charge in [0.25, 0.3) is 0 Å². The number of alkyl halides is 3. The number of rotatable bonds is 3. The van der Waals surface area contributed by atoms with Crippen LogP contribution in [-0.2, 0) is 16.1 Å². The zero-order chi connectivity index (χ0) is 16.3. The third kappa shape index (κ3) is 3.65. The molecule has 1 aromatic rings. The van der Waals surface area contributed by atoms with Gasteiger partial charge in [-0.3, -0.25) is 4.90 Å². The highest BCUT2D eigenvalue weighted by Crippen LogP contribution is 2.40. The van der Waals surface area contributed by atoms with Crippen molar-refractivity contribution < 1.29 is 32.6 Å².